The van der Waals surface area contributed by atoms with Gasteiger partial charge in [-0.1, -0.05) is 0 Å². The summed E-state index contributed by atoms with van der Waals surface area (Å²) in [5.74, 6) is 0. The van der Waals surface area contributed by atoms with E-state index in [9.17, 15) is 0 Å². The second-order valence-corrected chi connectivity index (χ2v) is 18.1. The number of allylic oxidation sites excluding steroid dienone is 6. The van der Waals surface area contributed by atoms with E-state index < -0.39 is 31.6 Å². The molecule has 0 N–H and O–H groups in total. The van der Waals surface area contributed by atoms with Crippen LogP contribution in [-0.2, 0) is 27.7 Å². The second-order valence-electron chi connectivity index (χ2n) is 9.65. The van der Waals surface area contributed by atoms with Crippen molar-refractivity contribution >= 4 is 43.4 Å². The molecule has 2 aliphatic carbocycles. The Labute approximate surface area is 201 Å². The molecule has 0 aliphatic heterocycles. The summed E-state index contributed by atoms with van der Waals surface area (Å²) in [7, 11) is -0.509. The minimum absolute atomic E-state index is 0. The summed E-state index contributed by atoms with van der Waals surface area (Å²) in [5.41, 5.74) is 7.90. The monoisotopic (exact) mass is 536 g/mol. The molecule has 6 heteroatoms. The zero-order valence-electron chi connectivity index (χ0n) is 19.9. The molecule has 1 atom stereocenters. The van der Waals surface area contributed by atoms with Crippen LogP contribution in [0.5, 0.6) is 0 Å². The standard InChI is InChI=1S/C12H23OSi2.C10H15.2ClH.Zr/c1-7-12(13-15(4,5)6)8-11(14)9(2)10(12)3;1-7-6-10(4,5)9(3)8(7)2;;;/h7H2,1-6,14H3;1-5H3;2*1H;. The predicted molar refractivity (Wildman–Crippen MR) is 132 cm³/mol. The Hall–Kier alpha value is 0.817. The van der Waals surface area contributed by atoms with E-state index in [-0.39, 0.29) is 35.8 Å². The van der Waals surface area contributed by atoms with Gasteiger partial charge in [-0.3, -0.25) is 0 Å². The molecule has 0 spiro atoms. The van der Waals surface area contributed by atoms with Gasteiger partial charge >= 0.3 is 178 Å². The minimum atomic E-state index is -1.65. The first-order chi connectivity index (χ1) is 11.7. The van der Waals surface area contributed by atoms with Gasteiger partial charge in [0.25, 0.3) is 0 Å². The van der Waals surface area contributed by atoms with Crippen molar-refractivity contribution in [3.05, 3.63) is 39.6 Å². The molecule has 0 heterocycles. The molecule has 0 bridgehead atoms. The Morgan fingerprint density at radius 3 is 1.71 bits per heavy atom. The number of halogens is 2. The van der Waals surface area contributed by atoms with Crippen molar-refractivity contribution in [1.29, 1.82) is 0 Å². The summed E-state index contributed by atoms with van der Waals surface area (Å²) in [6, 6.07) is 0. The van der Waals surface area contributed by atoms with Gasteiger partial charge in [0, 0.05) is 0 Å². The molecule has 0 saturated heterocycles. The van der Waals surface area contributed by atoms with E-state index in [2.05, 4.69) is 75.0 Å². The Kier molecular flexibility index (Phi) is 9.81. The van der Waals surface area contributed by atoms with Crippen LogP contribution >= 0.6 is 24.8 Å². The molecule has 0 aromatic heterocycles. The molecule has 0 aromatic rings. The van der Waals surface area contributed by atoms with E-state index in [4.69, 9.17) is 4.43 Å². The number of rotatable bonds is 5. The third kappa shape index (κ3) is 4.68. The molecule has 1 nitrogen and oxygen atoms in total. The van der Waals surface area contributed by atoms with E-state index in [1.54, 1.807) is 28.5 Å². The Morgan fingerprint density at radius 1 is 0.857 bits per heavy atom. The van der Waals surface area contributed by atoms with Crippen molar-refractivity contribution in [3.63, 3.8) is 0 Å². The maximum atomic E-state index is 7.02. The molecule has 1 unspecified atom stereocenters. The quantitative estimate of drug-likeness (QED) is 0.364. The molecule has 0 amide bonds. The summed E-state index contributed by atoms with van der Waals surface area (Å²) >= 11 is -0.898. The van der Waals surface area contributed by atoms with Crippen LogP contribution in [0.25, 0.3) is 0 Å². The van der Waals surface area contributed by atoms with Crippen LogP contribution in [0.15, 0.2) is 39.6 Å². The van der Waals surface area contributed by atoms with Crippen LogP contribution in [-0.4, -0.2) is 24.2 Å². The van der Waals surface area contributed by atoms with Crippen LogP contribution in [0.4, 0.5) is 0 Å². The maximum absolute atomic E-state index is 7.02. The van der Waals surface area contributed by atoms with Crippen molar-refractivity contribution < 1.29 is 27.7 Å². The van der Waals surface area contributed by atoms with E-state index >= 15 is 0 Å². The summed E-state index contributed by atoms with van der Waals surface area (Å²) in [5, 5.41) is 1.67. The third-order valence-electron chi connectivity index (χ3n) is 6.80. The average Bonchev–Trinajstić information content (AvgIpc) is 2.79. The molecule has 2 aliphatic rings. The van der Waals surface area contributed by atoms with Crippen molar-refractivity contribution in [2.45, 2.75) is 87.1 Å². The fourth-order valence-corrected chi connectivity index (χ4v) is 13.0. The van der Waals surface area contributed by atoms with Gasteiger partial charge in [0.2, 0.25) is 0 Å². The largest absolute Gasteiger partial charge is 0.147 e. The summed E-state index contributed by atoms with van der Waals surface area (Å²) < 4.78 is 10.5. The van der Waals surface area contributed by atoms with Gasteiger partial charge in [0.1, 0.15) is 0 Å². The Morgan fingerprint density at radius 2 is 1.36 bits per heavy atom. The van der Waals surface area contributed by atoms with Crippen molar-refractivity contribution in [1.82, 2.24) is 0 Å². The molecular weight excluding hydrogens is 499 g/mol. The van der Waals surface area contributed by atoms with Crippen molar-refractivity contribution in [3.8, 4) is 0 Å². The van der Waals surface area contributed by atoms with Gasteiger partial charge < -0.3 is 0 Å². The average molecular weight is 539 g/mol. The van der Waals surface area contributed by atoms with Crippen LogP contribution in [0.3, 0.4) is 0 Å². The first-order valence-corrected chi connectivity index (χ1v) is 16.8. The zero-order chi connectivity index (χ0) is 20.2. The topological polar surface area (TPSA) is 9.23 Å². The van der Waals surface area contributed by atoms with Gasteiger partial charge in [0.15, 0.2) is 0 Å². The molecule has 2 rings (SSSR count). The Balaban J connectivity index is 0.00000364. The third-order valence-corrected chi connectivity index (χ3v) is 15.8. The molecule has 0 saturated carbocycles. The van der Waals surface area contributed by atoms with E-state index in [0.29, 0.717) is 0 Å². The maximum Gasteiger partial charge on any atom is -0.147 e. The van der Waals surface area contributed by atoms with Crippen LogP contribution < -0.4 is 0 Å². The van der Waals surface area contributed by atoms with Crippen molar-refractivity contribution in [2.75, 3.05) is 0 Å². The fourth-order valence-electron chi connectivity index (χ4n) is 4.59. The zero-order valence-corrected chi connectivity index (χ0v) is 27.0. The Bertz CT molecular complexity index is 770. The van der Waals surface area contributed by atoms with E-state index in [1.807, 2.05) is 0 Å². The van der Waals surface area contributed by atoms with Crippen LogP contribution in [0.1, 0.15) is 61.8 Å². The smallest absolute Gasteiger partial charge is 0.147 e. The van der Waals surface area contributed by atoms with Crippen molar-refractivity contribution in [2.24, 2.45) is 5.41 Å². The molecule has 0 aromatic carbocycles. The molecule has 28 heavy (non-hydrogen) atoms. The van der Waals surface area contributed by atoms with Gasteiger partial charge in [-0.25, -0.2) is 0 Å². The van der Waals surface area contributed by atoms with Gasteiger partial charge in [0.05, 0.1) is 0 Å². The molecular formula is C22H40Cl2OSi2Zr. The van der Waals surface area contributed by atoms with Gasteiger partial charge in [-0.15, -0.1) is 24.8 Å². The first kappa shape index (κ1) is 28.8. The molecule has 160 valence electrons. The van der Waals surface area contributed by atoms with Crippen LogP contribution in [0, 0.1) is 5.41 Å². The predicted octanol–water partition coefficient (Wildman–Crippen LogP) is 6.49. The summed E-state index contributed by atoms with van der Waals surface area (Å²) in [6.07, 6.45) is 1.08. The van der Waals surface area contributed by atoms with E-state index in [1.165, 1.54) is 11.1 Å². The summed E-state index contributed by atoms with van der Waals surface area (Å²) in [4.78, 5) is 0. The van der Waals surface area contributed by atoms with E-state index in [0.717, 1.165) is 16.7 Å². The van der Waals surface area contributed by atoms with Gasteiger partial charge in [-0.2, -0.15) is 0 Å². The second kappa shape index (κ2) is 9.53. The minimum Gasteiger partial charge on any atom is -0.147 e. The number of hydrogen-bond donors (Lipinski definition) is 0. The SMILES string of the molecule is CCC1(O[Si](C)(C)C)C(C)=C(C)C([SiH3])=[C]1[Zr][C]1=C(C)C(C)=C(C)C1(C)C.Cl.Cl. The fraction of sp³-hybridized carbons (Fsp3) is 0.636. The molecule has 0 fully saturated rings. The normalized spacial score (nSPS) is 24.8. The number of hydrogen-bond acceptors (Lipinski definition) is 1. The summed E-state index contributed by atoms with van der Waals surface area (Å²) in [6.45, 7) is 26.0. The van der Waals surface area contributed by atoms with Crippen LogP contribution in [0.2, 0.25) is 19.6 Å². The van der Waals surface area contributed by atoms with Gasteiger partial charge in [-0.05, 0) is 0 Å². The molecule has 0 radical (unpaired) electrons. The first-order valence-electron chi connectivity index (χ1n) is 9.97.